The quantitative estimate of drug-likeness (QED) is 0.369. The van der Waals surface area contributed by atoms with E-state index in [9.17, 15) is 14.7 Å². The number of ketones is 1. The summed E-state index contributed by atoms with van der Waals surface area (Å²) in [6.07, 6.45) is 4.87. The van der Waals surface area contributed by atoms with E-state index in [1.54, 1.807) is 18.5 Å². The Balaban J connectivity index is 1.66. The Hall–Kier alpha value is -3.91. The van der Waals surface area contributed by atoms with E-state index in [1.165, 1.54) is 6.08 Å². The molecule has 0 bridgehead atoms. The maximum Gasteiger partial charge on any atom is 0.345 e. The number of anilines is 1. The van der Waals surface area contributed by atoms with E-state index in [-0.39, 0.29) is 11.6 Å². The number of aromatic nitrogens is 2. The first-order valence-corrected chi connectivity index (χ1v) is 9.33. The highest BCUT2D eigenvalue weighted by Gasteiger charge is 2.36. The zero-order valence-electron chi connectivity index (χ0n) is 16.4. The number of aromatic amines is 1. The second-order valence-electron chi connectivity index (χ2n) is 6.90. The van der Waals surface area contributed by atoms with Crippen LogP contribution in [0.1, 0.15) is 16.7 Å². The molecule has 3 aromatic rings. The Morgan fingerprint density at radius 2 is 2.17 bits per heavy atom. The van der Waals surface area contributed by atoms with E-state index < -0.39 is 17.3 Å². The molecule has 0 aliphatic carbocycles. The minimum absolute atomic E-state index is 0.0656. The van der Waals surface area contributed by atoms with Crippen molar-refractivity contribution in [2.24, 2.45) is 0 Å². The minimum atomic E-state index is -1.35. The molecule has 0 saturated heterocycles. The monoisotopic (exact) mass is 404 g/mol. The minimum Gasteiger partial charge on any atom is -0.477 e. The van der Waals surface area contributed by atoms with E-state index in [4.69, 9.17) is 4.74 Å². The summed E-state index contributed by atoms with van der Waals surface area (Å²) in [7, 11) is 1.86. The second kappa shape index (κ2) is 7.84. The van der Waals surface area contributed by atoms with Crippen LogP contribution >= 0.6 is 0 Å². The van der Waals surface area contributed by atoms with Crippen molar-refractivity contribution in [3.63, 3.8) is 0 Å². The Kier molecular flexibility index (Phi) is 5.07. The number of aryl methyl sites for hydroxylation is 1. The number of nitrogens with zero attached hydrogens (tertiary/aromatic N) is 1. The number of rotatable bonds is 6. The molecule has 0 unspecified atom stereocenters. The van der Waals surface area contributed by atoms with Crippen LogP contribution in [0, 0.1) is 6.92 Å². The molecule has 2 aromatic heterocycles. The van der Waals surface area contributed by atoms with Gasteiger partial charge in [0.05, 0.1) is 0 Å². The van der Waals surface area contributed by atoms with Gasteiger partial charge in [0.25, 0.3) is 0 Å². The number of aliphatic carboxylic acids is 1. The second-order valence-corrected chi connectivity index (χ2v) is 6.90. The predicted molar refractivity (Wildman–Crippen MR) is 112 cm³/mol. The molecule has 4 N–H and O–H groups in total. The highest BCUT2D eigenvalue weighted by molar-refractivity contribution is 6.26. The van der Waals surface area contributed by atoms with Gasteiger partial charge in [0.2, 0.25) is 11.7 Å². The Morgan fingerprint density at radius 1 is 1.33 bits per heavy atom. The van der Waals surface area contributed by atoms with Gasteiger partial charge in [-0.2, -0.15) is 0 Å². The van der Waals surface area contributed by atoms with Crippen LogP contribution in [0.25, 0.3) is 17.1 Å². The fourth-order valence-corrected chi connectivity index (χ4v) is 3.35. The van der Waals surface area contributed by atoms with Crippen LogP contribution in [0.2, 0.25) is 0 Å². The van der Waals surface area contributed by atoms with Crippen molar-refractivity contribution >= 4 is 34.5 Å². The van der Waals surface area contributed by atoms with Crippen LogP contribution in [0.15, 0.2) is 59.9 Å². The summed E-state index contributed by atoms with van der Waals surface area (Å²) in [5.74, 6) is -2.20. The van der Waals surface area contributed by atoms with Crippen LogP contribution in [0.4, 0.5) is 5.69 Å². The van der Waals surface area contributed by atoms with Crippen molar-refractivity contribution in [1.82, 2.24) is 15.3 Å². The normalized spacial score (nSPS) is 15.1. The summed E-state index contributed by atoms with van der Waals surface area (Å²) in [6, 6.07) is 9.36. The molecule has 0 amide bonds. The lowest BCUT2D eigenvalue weighted by molar-refractivity contribution is -0.134. The van der Waals surface area contributed by atoms with Crippen molar-refractivity contribution in [2.75, 3.05) is 12.4 Å². The molecule has 4 rings (SSSR count). The SMILES string of the molecule is CNCc1ccc(NC2=C(C(=O)O)C(=O)/C(=C/c3c[nH]c4ncccc34)O2)c(C)c1. The van der Waals surface area contributed by atoms with Gasteiger partial charge in [0.15, 0.2) is 11.3 Å². The fraction of sp³-hybridized carbons (Fsp3) is 0.136. The molecule has 3 heterocycles. The van der Waals surface area contributed by atoms with Crippen molar-refractivity contribution in [1.29, 1.82) is 0 Å². The first kappa shape index (κ1) is 19.4. The average Bonchev–Trinajstić information content (AvgIpc) is 3.26. The molecule has 8 nitrogen and oxygen atoms in total. The summed E-state index contributed by atoms with van der Waals surface area (Å²) in [5, 5.41) is 16.4. The van der Waals surface area contributed by atoms with Crippen LogP contribution in [0.5, 0.6) is 0 Å². The van der Waals surface area contributed by atoms with Gasteiger partial charge in [-0.05, 0) is 49.4 Å². The molecular formula is C22H20N4O4. The predicted octanol–water partition coefficient (Wildman–Crippen LogP) is 2.94. The molecule has 1 aliphatic rings. The molecule has 8 heteroatoms. The Labute approximate surface area is 172 Å². The molecular weight excluding hydrogens is 384 g/mol. The molecule has 1 aromatic carbocycles. The van der Waals surface area contributed by atoms with Gasteiger partial charge in [-0.15, -0.1) is 0 Å². The average molecular weight is 404 g/mol. The third-order valence-electron chi connectivity index (χ3n) is 4.79. The molecule has 0 fully saturated rings. The number of carboxylic acid groups (broad SMARTS) is 1. The highest BCUT2D eigenvalue weighted by atomic mass is 16.5. The van der Waals surface area contributed by atoms with Gasteiger partial charge in [0.1, 0.15) is 5.65 Å². The molecule has 0 spiro atoms. The third kappa shape index (κ3) is 3.56. The van der Waals surface area contributed by atoms with E-state index in [0.717, 1.165) is 16.5 Å². The van der Waals surface area contributed by atoms with Gasteiger partial charge in [-0.1, -0.05) is 12.1 Å². The number of H-pyrrole nitrogens is 1. The van der Waals surface area contributed by atoms with Gasteiger partial charge in [-0.25, -0.2) is 9.78 Å². The number of benzene rings is 1. The Morgan fingerprint density at radius 3 is 2.90 bits per heavy atom. The van der Waals surface area contributed by atoms with Gasteiger partial charge in [0, 0.05) is 35.6 Å². The standard InChI is InChI=1S/C22H20N4O4/c1-12-8-13(10-23-2)5-6-16(12)26-21-18(22(28)29)19(27)17(30-21)9-14-11-25-20-15(14)4-3-7-24-20/h3-9,11,23,26H,10H2,1-2H3,(H,24,25)(H,28,29)/b17-9-. The molecule has 1 aliphatic heterocycles. The maximum atomic E-state index is 12.7. The lowest BCUT2D eigenvalue weighted by Crippen LogP contribution is -2.12. The van der Waals surface area contributed by atoms with Gasteiger partial charge >= 0.3 is 5.97 Å². The first-order chi connectivity index (χ1) is 14.5. The number of carbonyl (C=O) groups excluding carboxylic acids is 1. The van der Waals surface area contributed by atoms with Crippen molar-refractivity contribution in [3.8, 4) is 0 Å². The van der Waals surface area contributed by atoms with Crippen molar-refractivity contribution < 1.29 is 19.4 Å². The number of carboxylic acids is 1. The Bertz CT molecular complexity index is 1220. The number of pyridine rings is 1. The zero-order valence-corrected chi connectivity index (χ0v) is 16.4. The number of Topliss-reactive ketones (excluding diaryl/α,β-unsaturated/α-hetero) is 1. The molecule has 152 valence electrons. The van der Waals surface area contributed by atoms with E-state index in [0.29, 0.717) is 23.4 Å². The molecule has 0 radical (unpaired) electrons. The van der Waals surface area contributed by atoms with E-state index in [2.05, 4.69) is 20.6 Å². The molecule has 0 atom stereocenters. The topological polar surface area (TPSA) is 116 Å². The third-order valence-corrected chi connectivity index (χ3v) is 4.79. The fourth-order valence-electron chi connectivity index (χ4n) is 3.35. The number of fused-ring (bicyclic) bond motifs is 1. The number of carbonyl (C=O) groups is 2. The lowest BCUT2D eigenvalue weighted by atomic mass is 10.1. The lowest BCUT2D eigenvalue weighted by Gasteiger charge is -2.12. The number of ether oxygens (including phenoxy) is 1. The molecule has 0 saturated carbocycles. The van der Waals surface area contributed by atoms with Crippen LogP contribution in [0.3, 0.4) is 0 Å². The summed E-state index contributed by atoms with van der Waals surface area (Å²) >= 11 is 0. The van der Waals surface area contributed by atoms with Gasteiger partial charge in [-0.3, -0.25) is 4.79 Å². The van der Waals surface area contributed by atoms with E-state index >= 15 is 0 Å². The number of hydrogen-bond donors (Lipinski definition) is 4. The molecule has 30 heavy (non-hydrogen) atoms. The number of hydrogen-bond acceptors (Lipinski definition) is 6. The van der Waals surface area contributed by atoms with Crippen LogP contribution in [-0.4, -0.2) is 33.9 Å². The van der Waals surface area contributed by atoms with E-state index in [1.807, 2.05) is 38.2 Å². The first-order valence-electron chi connectivity index (χ1n) is 9.33. The van der Waals surface area contributed by atoms with Crippen LogP contribution < -0.4 is 10.6 Å². The highest BCUT2D eigenvalue weighted by Crippen LogP contribution is 2.30. The summed E-state index contributed by atoms with van der Waals surface area (Å²) in [4.78, 5) is 31.7. The largest absolute Gasteiger partial charge is 0.477 e. The van der Waals surface area contributed by atoms with Crippen molar-refractivity contribution in [3.05, 3.63) is 76.6 Å². The van der Waals surface area contributed by atoms with Crippen LogP contribution in [-0.2, 0) is 20.9 Å². The van der Waals surface area contributed by atoms with Crippen molar-refractivity contribution in [2.45, 2.75) is 13.5 Å². The van der Waals surface area contributed by atoms with Gasteiger partial charge < -0.3 is 25.5 Å². The number of nitrogens with one attached hydrogen (secondary N) is 3. The smallest absolute Gasteiger partial charge is 0.345 e. The maximum absolute atomic E-state index is 12.7. The number of allylic oxidation sites excluding steroid dienone is 1. The zero-order chi connectivity index (χ0) is 21.3. The summed E-state index contributed by atoms with van der Waals surface area (Å²) in [6.45, 7) is 2.61. The summed E-state index contributed by atoms with van der Waals surface area (Å²) in [5.41, 5.74) is 3.56. The summed E-state index contributed by atoms with van der Waals surface area (Å²) < 4.78 is 5.66.